The Morgan fingerprint density at radius 1 is 1.11 bits per heavy atom. The second-order valence-electron chi connectivity index (χ2n) is 3.75. The summed E-state index contributed by atoms with van der Waals surface area (Å²) in [6, 6.07) is 2.33. The fourth-order valence-electron chi connectivity index (χ4n) is 1.52. The lowest BCUT2D eigenvalue weighted by atomic mass is 10.0. The van der Waals surface area contributed by atoms with E-state index in [0.717, 1.165) is 12.1 Å². The van der Waals surface area contributed by atoms with Crippen molar-refractivity contribution in [2.75, 3.05) is 6.61 Å². The Kier molecular flexibility index (Phi) is 2.71. The second-order valence-corrected chi connectivity index (χ2v) is 3.75. The molecule has 2 rings (SSSR count). The molecule has 98 valence electrons. The van der Waals surface area contributed by atoms with Crippen molar-refractivity contribution >= 4 is 6.08 Å². The fourth-order valence-corrected chi connectivity index (χ4v) is 1.52. The number of hydrogen-bond donors (Lipinski definition) is 1. The van der Waals surface area contributed by atoms with E-state index < -0.39 is 17.7 Å². The summed E-state index contributed by atoms with van der Waals surface area (Å²) in [5.74, 6) is -5.03. The monoisotopic (exact) mass is 266 g/mol. The summed E-state index contributed by atoms with van der Waals surface area (Å²) in [6.45, 7) is -0.137. The van der Waals surface area contributed by atoms with Crippen LogP contribution in [0.4, 0.5) is 22.0 Å². The summed E-state index contributed by atoms with van der Waals surface area (Å²) < 4.78 is 67.7. The molecule has 1 aliphatic rings. The standard InChI is InChI=1S/C11H7F5O2/c12-10(13,11(14,15)16)7-1-2-9-6(3-7)4-8(17)5-18-9/h1-4,17H,5H2. The van der Waals surface area contributed by atoms with Crippen LogP contribution in [0.3, 0.4) is 0 Å². The van der Waals surface area contributed by atoms with Crippen molar-refractivity contribution in [1.29, 1.82) is 0 Å². The van der Waals surface area contributed by atoms with E-state index in [9.17, 15) is 22.0 Å². The predicted molar refractivity (Wildman–Crippen MR) is 52.5 cm³/mol. The summed E-state index contributed by atoms with van der Waals surface area (Å²) >= 11 is 0. The first-order valence-electron chi connectivity index (χ1n) is 4.83. The van der Waals surface area contributed by atoms with E-state index in [1.54, 1.807) is 0 Å². The molecule has 0 aliphatic carbocycles. The van der Waals surface area contributed by atoms with Gasteiger partial charge in [-0.1, -0.05) is 0 Å². The molecule has 18 heavy (non-hydrogen) atoms. The minimum atomic E-state index is -5.66. The molecule has 0 saturated heterocycles. The van der Waals surface area contributed by atoms with Crippen molar-refractivity contribution in [3.05, 3.63) is 35.1 Å². The molecule has 1 heterocycles. The van der Waals surface area contributed by atoms with Gasteiger partial charge >= 0.3 is 12.1 Å². The Morgan fingerprint density at radius 2 is 1.78 bits per heavy atom. The smallest absolute Gasteiger partial charge is 0.458 e. The number of fused-ring (bicyclic) bond motifs is 1. The van der Waals surface area contributed by atoms with Crippen LogP contribution >= 0.6 is 0 Å². The minimum absolute atomic E-state index is 0.0137. The molecule has 0 spiro atoms. The van der Waals surface area contributed by atoms with E-state index in [2.05, 4.69) is 0 Å². The molecule has 1 aliphatic heterocycles. The average molecular weight is 266 g/mol. The molecule has 0 saturated carbocycles. The van der Waals surface area contributed by atoms with Crippen LogP contribution in [0.5, 0.6) is 5.75 Å². The molecule has 0 bridgehead atoms. The molecule has 0 radical (unpaired) electrons. The summed E-state index contributed by atoms with van der Waals surface area (Å²) in [4.78, 5) is 0. The van der Waals surface area contributed by atoms with Crippen LogP contribution in [0.1, 0.15) is 11.1 Å². The third-order valence-electron chi connectivity index (χ3n) is 2.43. The Morgan fingerprint density at radius 3 is 2.39 bits per heavy atom. The number of aliphatic hydroxyl groups excluding tert-OH is 1. The van der Waals surface area contributed by atoms with E-state index in [1.807, 2.05) is 0 Å². The Bertz CT molecular complexity index is 505. The zero-order valence-corrected chi connectivity index (χ0v) is 8.76. The van der Waals surface area contributed by atoms with E-state index in [0.29, 0.717) is 12.1 Å². The van der Waals surface area contributed by atoms with Gasteiger partial charge in [-0.2, -0.15) is 22.0 Å². The van der Waals surface area contributed by atoms with Crippen molar-refractivity contribution in [3.8, 4) is 5.75 Å². The van der Waals surface area contributed by atoms with Gasteiger partial charge in [0.1, 0.15) is 18.1 Å². The normalized spacial score (nSPS) is 15.7. The van der Waals surface area contributed by atoms with Crippen molar-refractivity contribution in [2.24, 2.45) is 0 Å². The van der Waals surface area contributed by atoms with E-state index in [1.165, 1.54) is 0 Å². The number of benzene rings is 1. The third kappa shape index (κ3) is 2.00. The first-order chi connectivity index (χ1) is 8.22. The van der Waals surface area contributed by atoms with Crippen molar-refractivity contribution in [3.63, 3.8) is 0 Å². The molecule has 7 heteroatoms. The van der Waals surface area contributed by atoms with Crippen LogP contribution in [-0.4, -0.2) is 17.9 Å². The lowest BCUT2D eigenvalue weighted by Gasteiger charge is -2.22. The topological polar surface area (TPSA) is 29.5 Å². The average Bonchev–Trinajstić information content (AvgIpc) is 2.26. The summed E-state index contributed by atoms with van der Waals surface area (Å²) in [7, 11) is 0. The van der Waals surface area contributed by atoms with Gasteiger partial charge in [0.05, 0.1) is 0 Å². The fraction of sp³-hybridized carbons (Fsp3) is 0.273. The number of hydrogen-bond acceptors (Lipinski definition) is 2. The van der Waals surface area contributed by atoms with Crippen molar-refractivity contribution < 1.29 is 31.8 Å². The first-order valence-corrected chi connectivity index (χ1v) is 4.83. The van der Waals surface area contributed by atoms with Gasteiger partial charge in [-0.3, -0.25) is 0 Å². The molecule has 0 aromatic heterocycles. The highest BCUT2D eigenvalue weighted by molar-refractivity contribution is 5.62. The summed E-state index contributed by atoms with van der Waals surface area (Å²) in [6.07, 6.45) is -4.57. The molecule has 0 atom stereocenters. The van der Waals surface area contributed by atoms with Gasteiger partial charge in [0.25, 0.3) is 0 Å². The lowest BCUT2D eigenvalue weighted by molar-refractivity contribution is -0.289. The second kappa shape index (κ2) is 3.86. The third-order valence-corrected chi connectivity index (χ3v) is 2.43. The zero-order valence-electron chi connectivity index (χ0n) is 8.76. The van der Waals surface area contributed by atoms with Crippen LogP contribution in [0.25, 0.3) is 6.08 Å². The van der Waals surface area contributed by atoms with Crippen LogP contribution in [0.15, 0.2) is 24.0 Å². The van der Waals surface area contributed by atoms with E-state index in [4.69, 9.17) is 9.84 Å². The largest absolute Gasteiger partial charge is 0.509 e. The highest BCUT2D eigenvalue weighted by Crippen LogP contribution is 2.45. The Hall–Kier alpha value is -1.79. The molecule has 1 aromatic rings. The van der Waals surface area contributed by atoms with E-state index in [-0.39, 0.29) is 23.7 Å². The number of rotatable bonds is 1. The van der Waals surface area contributed by atoms with Gasteiger partial charge in [0.2, 0.25) is 0 Å². The molecule has 0 fully saturated rings. The van der Waals surface area contributed by atoms with Gasteiger partial charge < -0.3 is 9.84 Å². The zero-order chi connectivity index (χ0) is 13.6. The highest BCUT2D eigenvalue weighted by atomic mass is 19.4. The van der Waals surface area contributed by atoms with Crippen molar-refractivity contribution in [2.45, 2.75) is 12.1 Å². The first kappa shape index (κ1) is 12.7. The quantitative estimate of drug-likeness (QED) is 0.786. The van der Waals surface area contributed by atoms with Gasteiger partial charge in [-0.05, 0) is 24.3 Å². The molecule has 0 unspecified atom stereocenters. The summed E-state index contributed by atoms with van der Waals surface area (Å²) in [5.41, 5.74) is -1.21. The number of alkyl halides is 5. The number of ether oxygens (including phenoxy) is 1. The predicted octanol–water partition coefficient (Wildman–Crippen LogP) is 3.63. The molecular formula is C11H7F5O2. The van der Waals surface area contributed by atoms with Crippen molar-refractivity contribution in [1.82, 2.24) is 0 Å². The van der Waals surface area contributed by atoms with Gasteiger partial charge in [0, 0.05) is 11.1 Å². The maximum atomic E-state index is 13.1. The maximum Gasteiger partial charge on any atom is 0.458 e. The van der Waals surface area contributed by atoms with E-state index >= 15 is 0 Å². The summed E-state index contributed by atoms with van der Waals surface area (Å²) in [5, 5.41) is 9.14. The Balaban J connectivity index is 2.48. The minimum Gasteiger partial charge on any atom is -0.509 e. The lowest BCUT2D eigenvalue weighted by Crippen LogP contribution is -2.33. The number of aliphatic hydroxyl groups is 1. The molecule has 2 nitrogen and oxygen atoms in total. The molecule has 0 amide bonds. The molecule has 1 N–H and O–H groups in total. The number of halogens is 5. The highest BCUT2D eigenvalue weighted by Gasteiger charge is 2.58. The van der Waals surface area contributed by atoms with Crippen LogP contribution < -0.4 is 4.74 Å². The Labute approximate surface area is 98.3 Å². The molecular weight excluding hydrogens is 259 g/mol. The SMILES string of the molecule is OC1=Cc2cc(C(F)(F)C(F)(F)F)ccc2OC1. The van der Waals surface area contributed by atoms with Gasteiger partial charge in [-0.25, -0.2) is 0 Å². The molecule has 1 aromatic carbocycles. The van der Waals surface area contributed by atoms with Crippen LogP contribution in [0.2, 0.25) is 0 Å². The van der Waals surface area contributed by atoms with Gasteiger partial charge in [-0.15, -0.1) is 0 Å². The van der Waals surface area contributed by atoms with Gasteiger partial charge in [0.15, 0.2) is 0 Å². The van der Waals surface area contributed by atoms with Crippen LogP contribution in [-0.2, 0) is 5.92 Å². The van der Waals surface area contributed by atoms with Crippen LogP contribution in [0, 0.1) is 0 Å². The maximum absolute atomic E-state index is 13.1.